The summed E-state index contributed by atoms with van der Waals surface area (Å²) in [6, 6.07) is 0. The molecule has 0 aliphatic carbocycles. The van der Waals surface area contributed by atoms with E-state index in [4.69, 9.17) is 4.55 Å². The normalized spacial score (nSPS) is 11.6. The first-order chi connectivity index (χ1) is 6.02. The van der Waals surface area contributed by atoms with Crippen LogP contribution in [0.4, 0.5) is 0 Å². The predicted octanol–water partition coefficient (Wildman–Crippen LogP) is 2.47. The zero-order valence-corrected chi connectivity index (χ0v) is 9.31. The van der Waals surface area contributed by atoms with Crippen molar-refractivity contribution in [2.45, 2.75) is 52.2 Å². The van der Waals surface area contributed by atoms with E-state index in [1.54, 1.807) is 0 Å². The van der Waals surface area contributed by atoms with Gasteiger partial charge in [-0.3, -0.25) is 4.55 Å². The Kier molecular flexibility index (Phi) is 6.42. The Hall–Kier alpha value is -0.0251. The molecule has 3 nitrogen and oxygen atoms in total. The van der Waals surface area contributed by atoms with Gasteiger partial charge in [0, 0.05) is 0 Å². The maximum absolute atomic E-state index is 10.9. The van der Waals surface area contributed by atoms with Crippen molar-refractivity contribution in [3.05, 3.63) is 0 Å². The fourth-order valence-corrected chi connectivity index (χ4v) is 2.23. The summed E-state index contributed by atoms with van der Waals surface area (Å²) >= 11 is 0. The molecule has 0 aliphatic rings. The molecule has 0 aromatic carbocycles. The first kappa shape index (κ1) is 13.0. The first-order valence-electron chi connectivity index (χ1n) is 4.98. The Labute approximate surface area is 81.6 Å². The summed E-state index contributed by atoms with van der Waals surface area (Å²) in [5.41, 5.74) is 0. The van der Waals surface area contributed by atoms with E-state index >= 15 is 0 Å². The summed E-state index contributed by atoms with van der Waals surface area (Å²) in [5, 5.41) is 0. The van der Waals surface area contributed by atoms with Crippen LogP contribution >= 0.6 is 0 Å². The molecule has 0 atom stereocenters. The minimum absolute atomic E-state index is 0.535. The fourth-order valence-electron chi connectivity index (χ4n) is 1.31. The van der Waals surface area contributed by atoms with E-state index in [9.17, 15) is 8.42 Å². The van der Waals surface area contributed by atoms with Crippen molar-refractivity contribution in [3.8, 4) is 0 Å². The molecule has 0 heterocycles. The number of rotatable bonds is 7. The molecular formula is C8H19BO3S. The predicted molar refractivity (Wildman–Crippen MR) is 56.7 cm³/mol. The zero-order valence-electron chi connectivity index (χ0n) is 8.49. The van der Waals surface area contributed by atoms with Crippen LogP contribution in [0.2, 0.25) is 12.6 Å². The lowest BCUT2D eigenvalue weighted by Crippen LogP contribution is -2.24. The molecule has 0 aromatic rings. The minimum atomic E-state index is -3.81. The monoisotopic (exact) mass is 206 g/mol. The third-order valence-corrected chi connectivity index (χ3v) is 3.49. The number of hydrogen-bond acceptors (Lipinski definition) is 2. The summed E-state index contributed by atoms with van der Waals surface area (Å²) in [6.07, 6.45) is 4.86. The topological polar surface area (TPSA) is 54.4 Å². The Morgan fingerprint density at radius 2 is 1.46 bits per heavy atom. The van der Waals surface area contributed by atoms with Gasteiger partial charge in [-0.2, -0.15) is 0 Å². The van der Waals surface area contributed by atoms with Crippen molar-refractivity contribution in [1.29, 1.82) is 0 Å². The van der Waals surface area contributed by atoms with Gasteiger partial charge >= 0.3 is 5.99 Å². The molecule has 0 aromatic heterocycles. The van der Waals surface area contributed by atoms with Crippen molar-refractivity contribution in [2.75, 3.05) is 0 Å². The van der Waals surface area contributed by atoms with Crippen molar-refractivity contribution in [1.82, 2.24) is 0 Å². The molecule has 0 saturated heterocycles. The molecule has 5 heteroatoms. The molecule has 0 saturated carbocycles. The van der Waals surface area contributed by atoms with Gasteiger partial charge in [0.25, 0.3) is 0 Å². The summed E-state index contributed by atoms with van der Waals surface area (Å²) in [4.78, 5) is 0. The van der Waals surface area contributed by atoms with Crippen molar-refractivity contribution in [2.24, 2.45) is 0 Å². The molecule has 0 radical (unpaired) electrons. The van der Waals surface area contributed by atoms with Crippen LogP contribution in [0, 0.1) is 0 Å². The van der Waals surface area contributed by atoms with E-state index in [0.29, 0.717) is 12.6 Å². The third kappa shape index (κ3) is 6.10. The Morgan fingerprint density at radius 1 is 1.08 bits per heavy atom. The Balaban J connectivity index is 4.04. The molecule has 13 heavy (non-hydrogen) atoms. The Morgan fingerprint density at radius 3 is 1.69 bits per heavy atom. The lowest BCUT2D eigenvalue weighted by molar-refractivity contribution is 0.498. The second-order valence-electron chi connectivity index (χ2n) is 3.42. The van der Waals surface area contributed by atoms with Gasteiger partial charge in [0.05, 0.1) is 0 Å². The second-order valence-corrected chi connectivity index (χ2v) is 5.12. The summed E-state index contributed by atoms with van der Waals surface area (Å²) < 4.78 is 30.7. The SMILES string of the molecule is CCCCB(CCCC)S(=O)(=O)O. The fraction of sp³-hybridized carbons (Fsp3) is 1.00. The van der Waals surface area contributed by atoms with E-state index in [1.165, 1.54) is 0 Å². The van der Waals surface area contributed by atoms with Gasteiger partial charge in [0.15, 0.2) is 0 Å². The summed E-state index contributed by atoms with van der Waals surface area (Å²) in [7, 11) is -3.81. The molecule has 0 rings (SSSR count). The standard InChI is InChI=1S/C8H19BO3S/c1-3-5-7-9(8-6-4-2)13(10,11)12/h3-8H2,1-2H3,(H,10,11,12). The van der Waals surface area contributed by atoms with Gasteiger partial charge in [-0.05, 0) is 0 Å². The molecule has 78 valence electrons. The smallest absolute Gasteiger partial charge is 0.295 e. The Bertz CT molecular complexity index is 205. The molecule has 0 unspecified atom stereocenters. The number of unbranched alkanes of at least 4 members (excludes halogenated alkanes) is 2. The van der Waals surface area contributed by atoms with Gasteiger partial charge < -0.3 is 0 Å². The molecule has 0 amide bonds. The van der Waals surface area contributed by atoms with E-state index in [-0.39, 0.29) is 0 Å². The number of hydrogen-bond donors (Lipinski definition) is 1. The average molecular weight is 206 g/mol. The van der Waals surface area contributed by atoms with Crippen LogP contribution in [0.15, 0.2) is 0 Å². The second kappa shape index (κ2) is 6.43. The van der Waals surface area contributed by atoms with Crippen molar-refractivity contribution < 1.29 is 13.0 Å². The van der Waals surface area contributed by atoms with E-state index < -0.39 is 16.0 Å². The van der Waals surface area contributed by atoms with Crippen LogP contribution in [0.3, 0.4) is 0 Å². The van der Waals surface area contributed by atoms with Crippen LogP contribution in [0.25, 0.3) is 0 Å². The zero-order chi connectivity index (χ0) is 10.3. The molecule has 0 bridgehead atoms. The lowest BCUT2D eigenvalue weighted by Gasteiger charge is -2.07. The summed E-state index contributed by atoms with van der Waals surface area (Å²) in [6.45, 7) is 4.03. The maximum atomic E-state index is 10.9. The van der Waals surface area contributed by atoms with Gasteiger partial charge in [0.2, 0.25) is 9.97 Å². The van der Waals surface area contributed by atoms with E-state index in [0.717, 1.165) is 25.7 Å². The average Bonchev–Trinajstić information content (AvgIpc) is 2.02. The van der Waals surface area contributed by atoms with E-state index in [2.05, 4.69) is 0 Å². The molecule has 0 fully saturated rings. The highest BCUT2D eigenvalue weighted by Gasteiger charge is 2.27. The van der Waals surface area contributed by atoms with Gasteiger partial charge in [-0.15, -0.1) is 0 Å². The minimum Gasteiger partial charge on any atom is -0.295 e. The van der Waals surface area contributed by atoms with Crippen LogP contribution in [-0.2, 0) is 9.97 Å². The van der Waals surface area contributed by atoms with E-state index in [1.807, 2.05) is 13.8 Å². The van der Waals surface area contributed by atoms with Crippen LogP contribution in [0.5, 0.6) is 0 Å². The van der Waals surface area contributed by atoms with Crippen molar-refractivity contribution in [3.63, 3.8) is 0 Å². The van der Waals surface area contributed by atoms with Crippen LogP contribution < -0.4 is 0 Å². The first-order valence-corrected chi connectivity index (χ1v) is 6.49. The van der Waals surface area contributed by atoms with Gasteiger partial charge in [0.1, 0.15) is 0 Å². The van der Waals surface area contributed by atoms with Gasteiger partial charge in [-0.25, -0.2) is 8.42 Å². The molecule has 0 spiro atoms. The highest BCUT2D eigenvalue weighted by Crippen LogP contribution is 2.13. The van der Waals surface area contributed by atoms with Crippen molar-refractivity contribution >= 4 is 16.0 Å². The van der Waals surface area contributed by atoms with Crippen LogP contribution in [-0.4, -0.2) is 19.0 Å². The molecule has 1 N–H and O–H groups in total. The molecular weight excluding hydrogens is 187 g/mol. The third-order valence-electron chi connectivity index (χ3n) is 2.18. The largest absolute Gasteiger partial charge is 0.326 e. The highest BCUT2D eigenvalue weighted by atomic mass is 32.2. The van der Waals surface area contributed by atoms with Crippen LogP contribution in [0.1, 0.15) is 39.5 Å². The lowest BCUT2D eigenvalue weighted by atomic mass is 9.66. The maximum Gasteiger partial charge on any atom is 0.326 e. The molecule has 0 aliphatic heterocycles. The van der Waals surface area contributed by atoms with Gasteiger partial charge in [-0.1, -0.05) is 52.2 Å². The summed E-state index contributed by atoms with van der Waals surface area (Å²) in [5.74, 6) is -0.535. The quantitative estimate of drug-likeness (QED) is 0.514. The highest BCUT2D eigenvalue weighted by molar-refractivity contribution is 8.14.